The number of rotatable bonds is 5. The lowest BCUT2D eigenvalue weighted by Gasteiger charge is -2.28. The molecule has 7 nitrogen and oxygen atoms in total. The summed E-state index contributed by atoms with van der Waals surface area (Å²) < 4.78 is 28.2. The number of primary sulfonamides is 1. The summed E-state index contributed by atoms with van der Waals surface area (Å²) in [5.41, 5.74) is 6.38. The van der Waals surface area contributed by atoms with E-state index in [0.29, 0.717) is 13.0 Å². The van der Waals surface area contributed by atoms with Gasteiger partial charge in [-0.25, -0.2) is 13.6 Å². The number of benzene rings is 1. The highest BCUT2D eigenvalue weighted by atomic mass is 32.2. The topological polar surface area (TPSA) is 116 Å². The van der Waals surface area contributed by atoms with E-state index in [2.05, 4.69) is 0 Å². The van der Waals surface area contributed by atoms with Crippen molar-refractivity contribution in [2.45, 2.75) is 42.9 Å². The first-order chi connectivity index (χ1) is 10.7. The molecule has 23 heavy (non-hydrogen) atoms. The number of likely N-dealkylation sites (N-methyl/N-ethyl adjacent to an activating group) is 1. The lowest BCUT2D eigenvalue weighted by molar-refractivity contribution is -0.143. The summed E-state index contributed by atoms with van der Waals surface area (Å²) in [6, 6.07) is 5.99. The van der Waals surface area contributed by atoms with E-state index >= 15 is 0 Å². The molecule has 0 aliphatic carbocycles. The Morgan fingerprint density at radius 3 is 2.43 bits per heavy atom. The number of hydrogen-bond acceptors (Lipinski definition) is 5. The highest BCUT2D eigenvalue weighted by Crippen LogP contribution is 2.25. The molecule has 1 saturated heterocycles. The molecule has 1 amide bonds. The van der Waals surface area contributed by atoms with Gasteiger partial charge in [0.25, 0.3) is 5.91 Å². The van der Waals surface area contributed by atoms with Gasteiger partial charge in [0.15, 0.2) is 0 Å². The van der Waals surface area contributed by atoms with Gasteiger partial charge in [-0.3, -0.25) is 4.79 Å². The number of amides is 1. The van der Waals surface area contributed by atoms with Crippen molar-refractivity contribution in [3.05, 3.63) is 29.8 Å². The molecule has 0 spiro atoms. The maximum atomic E-state index is 12.5. The molecule has 1 aromatic carbocycles. The van der Waals surface area contributed by atoms with Gasteiger partial charge < -0.3 is 15.4 Å². The highest BCUT2D eigenvalue weighted by molar-refractivity contribution is 7.89. The molecule has 1 fully saturated rings. The van der Waals surface area contributed by atoms with Gasteiger partial charge in [0.1, 0.15) is 6.10 Å². The fourth-order valence-corrected chi connectivity index (χ4v) is 3.15. The van der Waals surface area contributed by atoms with Crippen LogP contribution in [0.4, 0.5) is 0 Å². The number of carbonyl (C=O) groups is 1. The Labute approximate surface area is 136 Å². The average molecular weight is 341 g/mol. The Balaban J connectivity index is 2.07. The molecule has 0 radical (unpaired) electrons. The van der Waals surface area contributed by atoms with Gasteiger partial charge in [-0.15, -0.1) is 0 Å². The van der Waals surface area contributed by atoms with Gasteiger partial charge in [-0.05, 0) is 37.5 Å². The van der Waals surface area contributed by atoms with Crippen LogP contribution in [0.15, 0.2) is 29.2 Å². The third-order valence-corrected chi connectivity index (χ3v) is 5.19. The summed E-state index contributed by atoms with van der Waals surface area (Å²) in [7, 11) is -2.01. The highest BCUT2D eigenvalue weighted by Gasteiger charge is 2.33. The van der Waals surface area contributed by atoms with Gasteiger partial charge in [-0.2, -0.15) is 0 Å². The molecule has 0 saturated carbocycles. The number of hydrogen-bond donors (Lipinski definition) is 2. The van der Waals surface area contributed by atoms with Crippen LogP contribution in [-0.4, -0.2) is 45.0 Å². The molecular weight excluding hydrogens is 318 g/mol. The molecule has 0 bridgehead atoms. The van der Waals surface area contributed by atoms with Crippen molar-refractivity contribution >= 4 is 15.9 Å². The molecule has 4 N–H and O–H groups in total. The standard InChI is InChI=1S/C15H23N3O4S/c1-10(11-3-6-13(7-4-11)23(17,20)21)18(2)15(19)14-8-5-12(9-16)22-14/h3-4,6-7,10,12,14H,5,8-9,16H2,1-2H3,(H2,17,20,21)/t10?,12-,14+/m1/s1. The Morgan fingerprint density at radius 2 is 1.96 bits per heavy atom. The fourth-order valence-electron chi connectivity index (χ4n) is 2.64. The van der Waals surface area contributed by atoms with E-state index in [1.54, 1.807) is 24.1 Å². The monoisotopic (exact) mass is 341 g/mol. The molecule has 1 heterocycles. The summed E-state index contributed by atoms with van der Waals surface area (Å²) >= 11 is 0. The first-order valence-electron chi connectivity index (χ1n) is 7.49. The van der Waals surface area contributed by atoms with Gasteiger partial charge in [-0.1, -0.05) is 12.1 Å². The van der Waals surface area contributed by atoms with Crippen LogP contribution in [0.2, 0.25) is 0 Å². The molecule has 1 aliphatic heterocycles. The van der Waals surface area contributed by atoms with Gasteiger partial charge >= 0.3 is 0 Å². The van der Waals surface area contributed by atoms with E-state index in [-0.39, 0.29) is 22.9 Å². The van der Waals surface area contributed by atoms with Crippen molar-refractivity contribution in [1.82, 2.24) is 4.90 Å². The van der Waals surface area contributed by atoms with Gasteiger partial charge in [0.05, 0.1) is 17.0 Å². The Kier molecular flexibility index (Phi) is 5.41. The Bertz CT molecular complexity index is 660. The lowest BCUT2D eigenvalue weighted by atomic mass is 10.1. The zero-order valence-electron chi connectivity index (χ0n) is 13.3. The zero-order chi connectivity index (χ0) is 17.2. The summed E-state index contributed by atoms with van der Waals surface area (Å²) in [5, 5.41) is 5.08. The summed E-state index contributed by atoms with van der Waals surface area (Å²) in [6.07, 6.45) is 0.946. The summed E-state index contributed by atoms with van der Waals surface area (Å²) in [5.74, 6) is -0.0935. The Hall–Kier alpha value is -1.48. The van der Waals surface area contributed by atoms with E-state index in [1.807, 2.05) is 6.92 Å². The average Bonchev–Trinajstić information content (AvgIpc) is 3.01. The number of carbonyl (C=O) groups excluding carboxylic acids is 1. The smallest absolute Gasteiger partial charge is 0.251 e. The second-order valence-electron chi connectivity index (χ2n) is 5.80. The zero-order valence-corrected chi connectivity index (χ0v) is 14.1. The van der Waals surface area contributed by atoms with Crippen molar-refractivity contribution < 1.29 is 17.9 Å². The molecule has 1 aromatic rings. The minimum absolute atomic E-state index is 0.0485. The number of nitrogens with zero attached hydrogens (tertiary/aromatic N) is 1. The second-order valence-corrected chi connectivity index (χ2v) is 7.36. The molecule has 3 atom stereocenters. The van der Waals surface area contributed by atoms with Crippen molar-refractivity contribution in [3.63, 3.8) is 0 Å². The van der Waals surface area contributed by atoms with Crippen LogP contribution in [0.5, 0.6) is 0 Å². The third-order valence-electron chi connectivity index (χ3n) is 4.27. The van der Waals surface area contributed by atoms with E-state index in [4.69, 9.17) is 15.6 Å². The molecular formula is C15H23N3O4S. The Morgan fingerprint density at radius 1 is 1.35 bits per heavy atom. The minimum Gasteiger partial charge on any atom is -0.364 e. The number of sulfonamides is 1. The van der Waals surface area contributed by atoms with Crippen LogP contribution in [0.1, 0.15) is 31.4 Å². The number of nitrogens with two attached hydrogens (primary N) is 2. The molecule has 8 heteroatoms. The second kappa shape index (κ2) is 6.96. The van der Waals surface area contributed by atoms with Crippen LogP contribution in [0.3, 0.4) is 0 Å². The van der Waals surface area contributed by atoms with Crippen molar-refractivity contribution in [2.24, 2.45) is 10.9 Å². The van der Waals surface area contributed by atoms with E-state index < -0.39 is 16.1 Å². The summed E-state index contributed by atoms with van der Waals surface area (Å²) in [6.45, 7) is 2.29. The van der Waals surface area contributed by atoms with Crippen LogP contribution in [-0.2, 0) is 19.6 Å². The maximum absolute atomic E-state index is 12.5. The predicted molar refractivity (Wildman–Crippen MR) is 85.9 cm³/mol. The van der Waals surface area contributed by atoms with E-state index in [1.165, 1.54) is 12.1 Å². The minimum atomic E-state index is -3.72. The van der Waals surface area contributed by atoms with Crippen LogP contribution >= 0.6 is 0 Å². The number of ether oxygens (including phenoxy) is 1. The lowest BCUT2D eigenvalue weighted by Crippen LogP contribution is -2.38. The molecule has 2 rings (SSSR count). The normalized spacial score (nSPS) is 22.8. The van der Waals surface area contributed by atoms with E-state index in [9.17, 15) is 13.2 Å². The van der Waals surface area contributed by atoms with E-state index in [0.717, 1.165) is 12.0 Å². The SMILES string of the molecule is CC(c1ccc(S(N)(=O)=O)cc1)N(C)C(=O)[C@@H]1CC[C@H](CN)O1. The van der Waals surface area contributed by atoms with Crippen LogP contribution < -0.4 is 10.9 Å². The predicted octanol–water partition coefficient (Wildman–Crippen LogP) is 0.360. The fraction of sp³-hybridized carbons (Fsp3) is 0.533. The van der Waals surface area contributed by atoms with Gasteiger partial charge in [0, 0.05) is 13.6 Å². The van der Waals surface area contributed by atoms with Crippen LogP contribution in [0, 0.1) is 0 Å². The third kappa shape index (κ3) is 4.08. The first-order valence-corrected chi connectivity index (χ1v) is 9.03. The maximum Gasteiger partial charge on any atom is 0.251 e. The first kappa shape index (κ1) is 17.9. The molecule has 1 aliphatic rings. The quantitative estimate of drug-likeness (QED) is 0.802. The van der Waals surface area contributed by atoms with Crippen LogP contribution in [0.25, 0.3) is 0 Å². The van der Waals surface area contributed by atoms with Crippen molar-refractivity contribution in [1.29, 1.82) is 0 Å². The molecule has 1 unspecified atom stereocenters. The van der Waals surface area contributed by atoms with Crippen molar-refractivity contribution in [3.8, 4) is 0 Å². The van der Waals surface area contributed by atoms with Gasteiger partial charge in [0.2, 0.25) is 10.0 Å². The largest absolute Gasteiger partial charge is 0.364 e. The molecule has 128 valence electrons. The molecule has 0 aromatic heterocycles. The summed E-state index contributed by atoms with van der Waals surface area (Å²) in [4.78, 5) is 14.1. The van der Waals surface area contributed by atoms with Crippen molar-refractivity contribution in [2.75, 3.05) is 13.6 Å².